The summed E-state index contributed by atoms with van der Waals surface area (Å²) in [5.74, 6) is 0. The van der Waals surface area contributed by atoms with Crippen LogP contribution in [0.3, 0.4) is 0 Å². The summed E-state index contributed by atoms with van der Waals surface area (Å²) >= 11 is 0. The van der Waals surface area contributed by atoms with Crippen molar-refractivity contribution in [2.24, 2.45) is 0 Å². The molecule has 0 amide bonds. The Bertz CT molecular complexity index is 1300. The first kappa shape index (κ1) is 17.3. The highest BCUT2D eigenvalue weighted by Crippen LogP contribution is 2.34. The fourth-order valence-corrected chi connectivity index (χ4v) is 3.96. The molecule has 1 heteroatoms. The van der Waals surface area contributed by atoms with Crippen molar-refractivity contribution in [3.8, 4) is 33.4 Å². The van der Waals surface area contributed by atoms with Gasteiger partial charge in [0.2, 0.25) is 0 Å². The van der Waals surface area contributed by atoms with Gasteiger partial charge >= 0.3 is 0 Å². The van der Waals surface area contributed by atoms with Crippen molar-refractivity contribution < 1.29 is 0 Å². The number of hydrogen-bond donors (Lipinski definition) is 1. The summed E-state index contributed by atoms with van der Waals surface area (Å²) in [7, 11) is 0. The van der Waals surface area contributed by atoms with E-state index in [4.69, 9.17) is 5.73 Å². The van der Waals surface area contributed by atoms with E-state index in [-0.39, 0.29) is 0 Å². The van der Waals surface area contributed by atoms with Crippen LogP contribution in [-0.2, 0) is 0 Å². The largest absolute Gasteiger partial charge is 0.399 e. The highest BCUT2D eigenvalue weighted by atomic mass is 14.5. The van der Waals surface area contributed by atoms with Gasteiger partial charge in [-0.15, -0.1) is 0 Å². The van der Waals surface area contributed by atoms with Crippen molar-refractivity contribution in [2.75, 3.05) is 5.73 Å². The van der Waals surface area contributed by atoms with Crippen molar-refractivity contribution in [2.45, 2.75) is 0 Å². The molecule has 2 N–H and O–H groups in total. The molecule has 0 fully saturated rings. The molecule has 5 aromatic carbocycles. The Balaban J connectivity index is 1.64. The van der Waals surface area contributed by atoms with Crippen LogP contribution in [0.25, 0.3) is 44.2 Å². The van der Waals surface area contributed by atoms with Crippen LogP contribution in [0, 0.1) is 0 Å². The fraction of sp³-hybridized carbons (Fsp3) is 0. The normalized spacial score (nSPS) is 10.9. The van der Waals surface area contributed by atoms with Gasteiger partial charge in [0, 0.05) is 5.69 Å². The van der Waals surface area contributed by atoms with Crippen LogP contribution in [0.1, 0.15) is 0 Å². The van der Waals surface area contributed by atoms with E-state index in [0.29, 0.717) is 0 Å². The standard InChI is InChI=1S/C28H21N/c29-26-18-24(23-13-6-12-22(16-23)20-8-2-1-3-9-20)17-25(19-26)28-15-7-11-21-10-4-5-14-27(21)28/h1-19H,29H2. The molecule has 0 bridgehead atoms. The summed E-state index contributed by atoms with van der Waals surface area (Å²) in [6, 6.07) is 40.4. The lowest BCUT2D eigenvalue weighted by Gasteiger charge is -2.12. The molecule has 0 heterocycles. The van der Waals surface area contributed by atoms with Crippen LogP contribution < -0.4 is 5.73 Å². The predicted molar refractivity (Wildman–Crippen MR) is 125 cm³/mol. The first-order chi connectivity index (χ1) is 14.3. The lowest BCUT2D eigenvalue weighted by atomic mass is 9.93. The Morgan fingerprint density at radius 1 is 0.414 bits per heavy atom. The molecule has 0 aliphatic carbocycles. The van der Waals surface area contributed by atoms with E-state index in [0.717, 1.165) is 16.8 Å². The fourth-order valence-electron chi connectivity index (χ4n) is 3.96. The minimum atomic E-state index is 0.774. The molecule has 0 aliphatic heterocycles. The van der Waals surface area contributed by atoms with Crippen LogP contribution in [0.15, 0.2) is 115 Å². The third-order valence-corrected chi connectivity index (χ3v) is 5.36. The van der Waals surface area contributed by atoms with Gasteiger partial charge < -0.3 is 5.73 Å². The topological polar surface area (TPSA) is 26.0 Å². The van der Waals surface area contributed by atoms with Gasteiger partial charge in [0.15, 0.2) is 0 Å². The molecule has 0 aromatic heterocycles. The molecule has 0 atom stereocenters. The molecule has 29 heavy (non-hydrogen) atoms. The number of rotatable bonds is 3. The molecule has 5 aromatic rings. The van der Waals surface area contributed by atoms with E-state index >= 15 is 0 Å². The van der Waals surface area contributed by atoms with Gasteiger partial charge in [-0.1, -0.05) is 91.0 Å². The van der Waals surface area contributed by atoms with E-state index in [2.05, 4.69) is 109 Å². The lowest BCUT2D eigenvalue weighted by Crippen LogP contribution is -1.90. The van der Waals surface area contributed by atoms with Crippen LogP contribution in [-0.4, -0.2) is 0 Å². The third kappa shape index (κ3) is 3.39. The molecule has 5 rings (SSSR count). The van der Waals surface area contributed by atoms with E-state index in [9.17, 15) is 0 Å². The highest BCUT2D eigenvalue weighted by Gasteiger charge is 2.08. The molecule has 0 aliphatic rings. The Morgan fingerprint density at radius 2 is 1.00 bits per heavy atom. The van der Waals surface area contributed by atoms with Crippen molar-refractivity contribution in [1.82, 2.24) is 0 Å². The Labute approximate surface area is 171 Å². The monoisotopic (exact) mass is 371 g/mol. The second-order valence-electron chi connectivity index (χ2n) is 7.32. The van der Waals surface area contributed by atoms with Crippen molar-refractivity contribution >= 4 is 16.5 Å². The Morgan fingerprint density at radius 3 is 1.86 bits per heavy atom. The van der Waals surface area contributed by atoms with Crippen molar-refractivity contribution in [3.63, 3.8) is 0 Å². The maximum absolute atomic E-state index is 6.33. The summed E-state index contributed by atoms with van der Waals surface area (Å²) in [5.41, 5.74) is 14.2. The minimum absolute atomic E-state index is 0.774. The van der Waals surface area contributed by atoms with Gasteiger partial charge in [-0.05, 0) is 68.4 Å². The number of hydrogen-bond acceptors (Lipinski definition) is 1. The van der Waals surface area contributed by atoms with Crippen LogP contribution >= 0.6 is 0 Å². The smallest absolute Gasteiger partial charge is 0.0326 e. The quantitative estimate of drug-likeness (QED) is 0.328. The van der Waals surface area contributed by atoms with Crippen LogP contribution in [0.2, 0.25) is 0 Å². The van der Waals surface area contributed by atoms with Crippen molar-refractivity contribution in [3.05, 3.63) is 115 Å². The maximum Gasteiger partial charge on any atom is 0.0326 e. The van der Waals surface area contributed by atoms with E-state index < -0.39 is 0 Å². The van der Waals surface area contributed by atoms with Gasteiger partial charge in [0.1, 0.15) is 0 Å². The number of nitrogen functional groups attached to an aromatic ring is 1. The van der Waals surface area contributed by atoms with Crippen molar-refractivity contribution in [1.29, 1.82) is 0 Å². The lowest BCUT2D eigenvalue weighted by molar-refractivity contribution is 1.58. The highest BCUT2D eigenvalue weighted by molar-refractivity contribution is 5.97. The van der Waals surface area contributed by atoms with Gasteiger partial charge in [-0.25, -0.2) is 0 Å². The van der Waals surface area contributed by atoms with E-state index in [1.165, 1.54) is 33.0 Å². The maximum atomic E-state index is 6.33. The molecule has 0 radical (unpaired) electrons. The van der Waals surface area contributed by atoms with E-state index in [1.54, 1.807) is 0 Å². The van der Waals surface area contributed by atoms with Gasteiger partial charge in [0.05, 0.1) is 0 Å². The molecule has 0 unspecified atom stereocenters. The number of nitrogens with two attached hydrogens (primary N) is 1. The summed E-state index contributed by atoms with van der Waals surface area (Å²) in [6.45, 7) is 0. The minimum Gasteiger partial charge on any atom is -0.399 e. The van der Waals surface area contributed by atoms with Crippen LogP contribution in [0.4, 0.5) is 5.69 Å². The molecule has 1 nitrogen and oxygen atoms in total. The zero-order chi connectivity index (χ0) is 19.6. The first-order valence-electron chi connectivity index (χ1n) is 9.82. The molecule has 0 saturated heterocycles. The number of fused-ring (bicyclic) bond motifs is 1. The molecular formula is C28H21N. The summed E-state index contributed by atoms with van der Waals surface area (Å²) in [4.78, 5) is 0. The van der Waals surface area contributed by atoms with Gasteiger partial charge in [-0.2, -0.15) is 0 Å². The van der Waals surface area contributed by atoms with Crippen LogP contribution in [0.5, 0.6) is 0 Å². The Hall–Kier alpha value is -3.84. The zero-order valence-corrected chi connectivity index (χ0v) is 16.0. The van der Waals surface area contributed by atoms with Gasteiger partial charge in [0.25, 0.3) is 0 Å². The SMILES string of the molecule is Nc1cc(-c2cccc(-c3ccccc3)c2)cc(-c2cccc3ccccc23)c1. The third-order valence-electron chi connectivity index (χ3n) is 5.36. The number of anilines is 1. The first-order valence-corrected chi connectivity index (χ1v) is 9.82. The zero-order valence-electron chi connectivity index (χ0n) is 16.0. The summed E-state index contributed by atoms with van der Waals surface area (Å²) < 4.78 is 0. The molecule has 0 spiro atoms. The molecular weight excluding hydrogens is 350 g/mol. The second-order valence-corrected chi connectivity index (χ2v) is 7.32. The predicted octanol–water partition coefficient (Wildman–Crippen LogP) is 7.42. The molecule has 0 saturated carbocycles. The average Bonchev–Trinajstić information content (AvgIpc) is 2.79. The Kier molecular flexibility index (Phi) is 4.34. The van der Waals surface area contributed by atoms with E-state index in [1.807, 2.05) is 6.07 Å². The average molecular weight is 371 g/mol. The molecule has 138 valence electrons. The number of benzene rings is 5. The second kappa shape index (κ2) is 7.29. The van der Waals surface area contributed by atoms with Gasteiger partial charge in [-0.3, -0.25) is 0 Å². The summed E-state index contributed by atoms with van der Waals surface area (Å²) in [5, 5.41) is 2.48. The summed E-state index contributed by atoms with van der Waals surface area (Å²) in [6.07, 6.45) is 0.